The van der Waals surface area contributed by atoms with E-state index in [1.54, 1.807) is 13.8 Å². The first kappa shape index (κ1) is 23.1. The SMILES string of the molecule is CCOC(=O)C(CCCCc1cccn1C1c2ccccc2CCC1C)C(=O)OCC. The first-order valence-electron chi connectivity index (χ1n) is 11.6. The second-order valence-corrected chi connectivity index (χ2v) is 8.37. The van der Waals surface area contributed by atoms with Crippen LogP contribution < -0.4 is 0 Å². The Labute approximate surface area is 185 Å². The summed E-state index contributed by atoms with van der Waals surface area (Å²) in [5, 5.41) is 0. The lowest BCUT2D eigenvalue weighted by Gasteiger charge is -2.34. The van der Waals surface area contributed by atoms with Crippen molar-refractivity contribution in [2.45, 2.75) is 65.3 Å². The van der Waals surface area contributed by atoms with E-state index < -0.39 is 17.9 Å². The van der Waals surface area contributed by atoms with Crippen molar-refractivity contribution in [1.29, 1.82) is 0 Å². The van der Waals surface area contributed by atoms with E-state index in [0.29, 0.717) is 18.4 Å². The number of hydrogen-bond donors (Lipinski definition) is 0. The topological polar surface area (TPSA) is 57.5 Å². The second kappa shape index (κ2) is 11.2. The lowest BCUT2D eigenvalue weighted by Crippen LogP contribution is -2.28. The molecular weight excluding hydrogens is 390 g/mol. The normalized spacial score (nSPS) is 17.9. The molecule has 1 aromatic carbocycles. The van der Waals surface area contributed by atoms with Crippen molar-refractivity contribution in [3.05, 3.63) is 59.4 Å². The minimum atomic E-state index is -0.822. The number of fused-ring (bicyclic) bond motifs is 1. The lowest BCUT2D eigenvalue weighted by atomic mass is 9.80. The third-order valence-corrected chi connectivity index (χ3v) is 6.27. The zero-order chi connectivity index (χ0) is 22.2. The van der Waals surface area contributed by atoms with Crippen molar-refractivity contribution >= 4 is 11.9 Å². The maximum absolute atomic E-state index is 12.2. The predicted molar refractivity (Wildman–Crippen MR) is 121 cm³/mol. The number of hydrogen-bond acceptors (Lipinski definition) is 4. The van der Waals surface area contributed by atoms with Gasteiger partial charge in [0.25, 0.3) is 0 Å². The van der Waals surface area contributed by atoms with Crippen LogP contribution in [-0.4, -0.2) is 29.7 Å². The number of esters is 2. The van der Waals surface area contributed by atoms with E-state index >= 15 is 0 Å². The third kappa shape index (κ3) is 5.57. The van der Waals surface area contributed by atoms with Crippen molar-refractivity contribution in [2.75, 3.05) is 13.2 Å². The quantitative estimate of drug-likeness (QED) is 0.301. The Bertz CT molecular complexity index is 854. The summed E-state index contributed by atoms with van der Waals surface area (Å²) in [5.41, 5.74) is 4.19. The Morgan fingerprint density at radius 1 is 1.03 bits per heavy atom. The number of benzene rings is 1. The molecule has 1 aliphatic rings. The standard InChI is InChI=1S/C26H35NO4/c1-4-30-25(28)23(26(29)31-5-2)15-9-7-12-21-13-10-18-27(21)24-19(3)16-17-20-11-6-8-14-22(20)24/h6,8,10-11,13-14,18-19,23-24H,4-5,7,9,12,15-17H2,1-3H3. The van der Waals surface area contributed by atoms with Gasteiger partial charge in [0.15, 0.2) is 5.92 Å². The third-order valence-electron chi connectivity index (χ3n) is 6.27. The maximum atomic E-state index is 12.2. The molecule has 0 bridgehead atoms. The van der Waals surface area contributed by atoms with E-state index in [0.717, 1.165) is 25.7 Å². The minimum Gasteiger partial charge on any atom is -0.465 e. The van der Waals surface area contributed by atoms with Crippen molar-refractivity contribution in [2.24, 2.45) is 11.8 Å². The molecule has 0 amide bonds. The van der Waals surface area contributed by atoms with Gasteiger partial charge < -0.3 is 14.0 Å². The van der Waals surface area contributed by atoms with Crippen molar-refractivity contribution in [3.8, 4) is 0 Å². The number of carbonyl (C=O) groups is 2. The average Bonchev–Trinajstić information content (AvgIpc) is 3.21. The van der Waals surface area contributed by atoms with Gasteiger partial charge >= 0.3 is 11.9 Å². The molecule has 2 atom stereocenters. The molecule has 0 radical (unpaired) electrons. The van der Waals surface area contributed by atoms with Crippen LogP contribution in [0.25, 0.3) is 0 Å². The van der Waals surface area contributed by atoms with Gasteiger partial charge in [0.1, 0.15) is 0 Å². The van der Waals surface area contributed by atoms with Gasteiger partial charge in [0.2, 0.25) is 0 Å². The van der Waals surface area contributed by atoms with Crippen molar-refractivity contribution in [3.63, 3.8) is 0 Å². The molecule has 0 aliphatic heterocycles. The molecule has 168 valence electrons. The number of nitrogens with zero attached hydrogens (tertiary/aromatic N) is 1. The molecule has 3 rings (SSSR count). The number of aromatic nitrogens is 1. The molecule has 0 saturated carbocycles. The average molecular weight is 426 g/mol. The molecule has 5 nitrogen and oxygen atoms in total. The fourth-order valence-corrected chi connectivity index (χ4v) is 4.71. The number of carbonyl (C=O) groups excluding carboxylic acids is 2. The highest BCUT2D eigenvalue weighted by Crippen LogP contribution is 2.38. The molecule has 1 aliphatic carbocycles. The Kier molecular flexibility index (Phi) is 8.33. The molecule has 2 unspecified atom stereocenters. The number of ether oxygens (including phenoxy) is 2. The minimum absolute atomic E-state index is 0.267. The van der Waals surface area contributed by atoms with E-state index in [-0.39, 0.29) is 13.2 Å². The van der Waals surface area contributed by atoms with Crippen LogP contribution in [0, 0.1) is 11.8 Å². The molecule has 0 fully saturated rings. The van der Waals surface area contributed by atoms with E-state index in [4.69, 9.17) is 9.47 Å². The zero-order valence-electron chi connectivity index (χ0n) is 19.0. The van der Waals surface area contributed by atoms with Crippen LogP contribution in [0.1, 0.15) is 69.3 Å². The summed E-state index contributed by atoms with van der Waals surface area (Å²) < 4.78 is 12.6. The highest BCUT2D eigenvalue weighted by molar-refractivity contribution is 5.94. The van der Waals surface area contributed by atoms with Crippen LogP contribution in [0.15, 0.2) is 42.6 Å². The molecule has 2 aromatic rings. The lowest BCUT2D eigenvalue weighted by molar-refractivity contribution is -0.161. The summed E-state index contributed by atoms with van der Waals surface area (Å²) in [6.07, 6.45) is 7.58. The molecule has 31 heavy (non-hydrogen) atoms. The van der Waals surface area contributed by atoms with Gasteiger partial charge in [-0.3, -0.25) is 9.59 Å². The van der Waals surface area contributed by atoms with Crippen LogP contribution in [-0.2, 0) is 31.9 Å². The van der Waals surface area contributed by atoms with Crippen LogP contribution in [0.2, 0.25) is 0 Å². The monoisotopic (exact) mass is 425 g/mol. The summed E-state index contributed by atoms with van der Waals surface area (Å²) in [5.74, 6) is -1.19. The number of rotatable bonds is 10. The van der Waals surface area contributed by atoms with Gasteiger partial charge in [-0.05, 0) is 75.1 Å². The summed E-state index contributed by atoms with van der Waals surface area (Å²) in [4.78, 5) is 24.3. The first-order valence-corrected chi connectivity index (χ1v) is 11.6. The van der Waals surface area contributed by atoms with Gasteiger partial charge in [-0.15, -0.1) is 0 Å². The Hall–Kier alpha value is -2.56. The van der Waals surface area contributed by atoms with E-state index in [2.05, 4.69) is 54.1 Å². The number of unbranched alkanes of at least 4 members (excludes halogenated alkanes) is 1. The second-order valence-electron chi connectivity index (χ2n) is 8.37. The largest absolute Gasteiger partial charge is 0.465 e. The van der Waals surface area contributed by atoms with E-state index in [9.17, 15) is 9.59 Å². The van der Waals surface area contributed by atoms with Crippen molar-refractivity contribution < 1.29 is 19.1 Å². The highest BCUT2D eigenvalue weighted by atomic mass is 16.6. The summed E-state index contributed by atoms with van der Waals surface area (Å²) in [6, 6.07) is 13.5. The molecule has 0 N–H and O–H groups in total. The van der Waals surface area contributed by atoms with Crippen LogP contribution >= 0.6 is 0 Å². The molecule has 1 heterocycles. The van der Waals surface area contributed by atoms with Gasteiger partial charge in [0.05, 0.1) is 19.3 Å². The fraction of sp³-hybridized carbons (Fsp3) is 0.538. The molecule has 0 spiro atoms. The molecule has 5 heteroatoms. The molecule has 0 saturated heterocycles. The predicted octanol–water partition coefficient (Wildman–Crippen LogP) is 5.12. The maximum Gasteiger partial charge on any atom is 0.320 e. The Morgan fingerprint density at radius 3 is 2.45 bits per heavy atom. The molecular formula is C26H35NO4. The smallest absolute Gasteiger partial charge is 0.320 e. The van der Waals surface area contributed by atoms with Gasteiger partial charge in [-0.2, -0.15) is 0 Å². The summed E-state index contributed by atoms with van der Waals surface area (Å²) in [7, 11) is 0. The fourth-order valence-electron chi connectivity index (χ4n) is 4.71. The van der Waals surface area contributed by atoms with Crippen LogP contribution in [0.4, 0.5) is 0 Å². The van der Waals surface area contributed by atoms with Gasteiger partial charge in [0, 0.05) is 11.9 Å². The van der Waals surface area contributed by atoms with Gasteiger partial charge in [-0.1, -0.05) is 37.6 Å². The highest BCUT2D eigenvalue weighted by Gasteiger charge is 2.30. The van der Waals surface area contributed by atoms with Crippen LogP contribution in [0.5, 0.6) is 0 Å². The summed E-state index contributed by atoms with van der Waals surface area (Å²) >= 11 is 0. The molecule has 1 aromatic heterocycles. The van der Waals surface area contributed by atoms with Crippen molar-refractivity contribution in [1.82, 2.24) is 4.57 Å². The first-order chi connectivity index (χ1) is 15.1. The zero-order valence-corrected chi connectivity index (χ0v) is 19.0. The summed E-state index contributed by atoms with van der Waals surface area (Å²) in [6.45, 7) is 6.37. The van der Waals surface area contributed by atoms with Gasteiger partial charge in [-0.25, -0.2) is 0 Å². The Balaban J connectivity index is 1.63. The Morgan fingerprint density at radius 2 is 1.74 bits per heavy atom. The van der Waals surface area contributed by atoms with E-state index in [1.807, 2.05) is 0 Å². The number of aryl methyl sites for hydroxylation is 2. The van der Waals surface area contributed by atoms with E-state index in [1.165, 1.54) is 23.2 Å². The van der Waals surface area contributed by atoms with Crippen LogP contribution in [0.3, 0.4) is 0 Å².